The molecule has 0 saturated heterocycles. The highest BCUT2D eigenvalue weighted by molar-refractivity contribution is 6.42. The number of ether oxygens (including phenoxy) is 2. The van der Waals surface area contributed by atoms with Crippen LogP contribution in [0.4, 0.5) is 10.1 Å². The first-order valence-electron chi connectivity index (χ1n) is 8.40. The molecule has 146 valence electrons. The van der Waals surface area contributed by atoms with Crippen molar-refractivity contribution in [3.63, 3.8) is 0 Å². The minimum Gasteiger partial charge on any atom is -0.493 e. The molecule has 3 rings (SSSR count). The first-order valence-corrected chi connectivity index (χ1v) is 9.53. The third-order valence-corrected chi connectivity index (χ3v) is 5.20. The molecule has 3 aromatic carbocycles. The number of rotatable bonds is 7. The van der Waals surface area contributed by atoms with Crippen LogP contribution in [-0.2, 0) is 13.2 Å². The normalized spacial score (nSPS) is 10.6. The summed E-state index contributed by atoms with van der Waals surface area (Å²) in [7, 11) is 1.55. The van der Waals surface area contributed by atoms with E-state index in [2.05, 4.69) is 5.32 Å². The highest BCUT2D eigenvalue weighted by atomic mass is 35.5. The Balaban J connectivity index is 1.81. The van der Waals surface area contributed by atoms with Gasteiger partial charge in [0.25, 0.3) is 0 Å². The Morgan fingerprint density at radius 3 is 2.43 bits per heavy atom. The molecule has 0 spiro atoms. The van der Waals surface area contributed by atoms with Crippen LogP contribution in [0.25, 0.3) is 0 Å². The predicted molar refractivity (Wildman–Crippen MR) is 113 cm³/mol. The molecular weight excluding hydrogens is 424 g/mol. The molecule has 7 heteroatoms. The molecule has 0 aliphatic heterocycles. The second-order valence-electron chi connectivity index (χ2n) is 5.92. The molecule has 1 N–H and O–H groups in total. The summed E-state index contributed by atoms with van der Waals surface area (Å²) in [4.78, 5) is 0. The van der Waals surface area contributed by atoms with Crippen molar-refractivity contribution < 1.29 is 13.9 Å². The lowest BCUT2D eigenvalue weighted by atomic mass is 10.1. The SMILES string of the molecule is COc1cccc(CNc2ccc(Cl)c(Cl)c2)c1OCc1c(F)cccc1Cl. The number of methoxy groups -OCH3 is 1. The molecule has 0 amide bonds. The van der Waals surface area contributed by atoms with E-state index >= 15 is 0 Å². The fourth-order valence-corrected chi connectivity index (χ4v) is 3.16. The highest BCUT2D eigenvalue weighted by Gasteiger charge is 2.14. The monoisotopic (exact) mass is 439 g/mol. The van der Waals surface area contributed by atoms with Crippen LogP contribution in [0, 0.1) is 5.82 Å². The Kier molecular flexibility index (Phi) is 6.89. The Hall–Kier alpha value is -2.14. The third-order valence-electron chi connectivity index (χ3n) is 4.11. The van der Waals surface area contributed by atoms with Crippen molar-refractivity contribution in [3.05, 3.63) is 86.6 Å². The summed E-state index contributed by atoms with van der Waals surface area (Å²) in [6, 6.07) is 15.3. The number of benzene rings is 3. The van der Waals surface area contributed by atoms with Gasteiger partial charge in [0, 0.05) is 23.4 Å². The molecule has 28 heavy (non-hydrogen) atoms. The zero-order valence-electron chi connectivity index (χ0n) is 14.9. The molecule has 0 saturated carbocycles. The summed E-state index contributed by atoms with van der Waals surface area (Å²) in [5.41, 5.74) is 1.93. The van der Waals surface area contributed by atoms with Crippen LogP contribution in [0.1, 0.15) is 11.1 Å². The lowest BCUT2D eigenvalue weighted by Crippen LogP contribution is -2.06. The van der Waals surface area contributed by atoms with Crippen molar-refractivity contribution in [2.24, 2.45) is 0 Å². The van der Waals surface area contributed by atoms with Gasteiger partial charge in [0.05, 0.1) is 22.2 Å². The van der Waals surface area contributed by atoms with Crippen LogP contribution in [0.3, 0.4) is 0 Å². The molecule has 0 unspecified atom stereocenters. The maximum absolute atomic E-state index is 14.0. The molecule has 0 bridgehead atoms. The minimum absolute atomic E-state index is 0.0222. The summed E-state index contributed by atoms with van der Waals surface area (Å²) >= 11 is 18.1. The summed E-state index contributed by atoms with van der Waals surface area (Å²) < 4.78 is 25.3. The van der Waals surface area contributed by atoms with Gasteiger partial charge in [-0.25, -0.2) is 4.39 Å². The highest BCUT2D eigenvalue weighted by Crippen LogP contribution is 2.34. The van der Waals surface area contributed by atoms with E-state index in [1.165, 1.54) is 6.07 Å². The Bertz CT molecular complexity index is 962. The first kappa shape index (κ1) is 20.6. The van der Waals surface area contributed by atoms with E-state index in [1.54, 1.807) is 37.4 Å². The van der Waals surface area contributed by atoms with Gasteiger partial charge in [-0.2, -0.15) is 0 Å². The second-order valence-corrected chi connectivity index (χ2v) is 7.14. The quantitative estimate of drug-likeness (QED) is 0.429. The van der Waals surface area contributed by atoms with E-state index in [-0.39, 0.29) is 6.61 Å². The molecule has 0 aromatic heterocycles. The van der Waals surface area contributed by atoms with Crippen LogP contribution in [0.15, 0.2) is 54.6 Å². The third kappa shape index (κ3) is 4.82. The van der Waals surface area contributed by atoms with E-state index in [0.29, 0.717) is 38.7 Å². The Morgan fingerprint density at radius 2 is 1.71 bits per heavy atom. The van der Waals surface area contributed by atoms with Gasteiger partial charge in [-0.05, 0) is 36.4 Å². The van der Waals surface area contributed by atoms with Crippen molar-refractivity contribution >= 4 is 40.5 Å². The van der Waals surface area contributed by atoms with Crippen LogP contribution in [0.2, 0.25) is 15.1 Å². The van der Waals surface area contributed by atoms with Gasteiger partial charge in [0.2, 0.25) is 0 Å². The Morgan fingerprint density at radius 1 is 0.929 bits per heavy atom. The van der Waals surface area contributed by atoms with Gasteiger partial charge < -0.3 is 14.8 Å². The van der Waals surface area contributed by atoms with Gasteiger partial charge in [-0.15, -0.1) is 0 Å². The van der Waals surface area contributed by atoms with Crippen LogP contribution >= 0.6 is 34.8 Å². The van der Waals surface area contributed by atoms with Gasteiger partial charge in [-0.3, -0.25) is 0 Å². The van der Waals surface area contributed by atoms with Gasteiger partial charge >= 0.3 is 0 Å². The maximum atomic E-state index is 14.0. The predicted octanol–water partition coefficient (Wildman–Crippen LogP) is 6.99. The molecule has 0 atom stereocenters. The lowest BCUT2D eigenvalue weighted by Gasteiger charge is -2.17. The second kappa shape index (κ2) is 9.37. The molecule has 0 aliphatic rings. The lowest BCUT2D eigenvalue weighted by molar-refractivity contribution is 0.277. The largest absolute Gasteiger partial charge is 0.493 e. The summed E-state index contributed by atoms with van der Waals surface area (Å²) in [6.07, 6.45) is 0. The van der Waals surface area contributed by atoms with Crippen LogP contribution in [0.5, 0.6) is 11.5 Å². The van der Waals surface area contributed by atoms with Crippen molar-refractivity contribution in [2.45, 2.75) is 13.2 Å². The minimum atomic E-state index is -0.419. The molecular formula is C21H17Cl3FNO2. The standard InChI is InChI=1S/C21H17Cl3FNO2/c1-27-20-7-2-4-13(11-26-14-8-9-17(23)18(24)10-14)21(20)28-12-15-16(22)5-3-6-19(15)25/h2-10,26H,11-12H2,1H3. The number of para-hydroxylation sites is 1. The molecule has 3 aromatic rings. The van der Waals surface area contributed by atoms with Crippen molar-refractivity contribution in [1.82, 2.24) is 0 Å². The molecule has 0 fully saturated rings. The summed E-state index contributed by atoms with van der Waals surface area (Å²) in [6.45, 7) is 0.418. The average Bonchev–Trinajstić information content (AvgIpc) is 2.68. The number of hydrogen-bond acceptors (Lipinski definition) is 3. The van der Waals surface area contributed by atoms with Crippen molar-refractivity contribution in [1.29, 1.82) is 0 Å². The summed E-state index contributed by atoms with van der Waals surface area (Å²) in [5.74, 6) is 0.635. The topological polar surface area (TPSA) is 30.5 Å². The van der Waals surface area contributed by atoms with Crippen molar-refractivity contribution in [3.8, 4) is 11.5 Å². The van der Waals surface area contributed by atoms with Gasteiger partial charge in [0.15, 0.2) is 11.5 Å². The van der Waals surface area contributed by atoms with Crippen LogP contribution < -0.4 is 14.8 Å². The molecule has 3 nitrogen and oxygen atoms in total. The fraction of sp³-hybridized carbons (Fsp3) is 0.143. The number of anilines is 1. The average molecular weight is 441 g/mol. The fourth-order valence-electron chi connectivity index (χ4n) is 2.64. The van der Waals surface area contributed by atoms with E-state index < -0.39 is 5.82 Å². The maximum Gasteiger partial charge on any atom is 0.166 e. The molecule has 0 radical (unpaired) electrons. The summed E-state index contributed by atoms with van der Waals surface area (Å²) in [5, 5.41) is 4.52. The van der Waals surface area contributed by atoms with Crippen LogP contribution in [-0.4, -0.2) is 7.11 Å². The number of hydrogen-bond donors (Lipinski definition) is 1. The van der Waals surface area contributed by atoms with Gasteiger partial charge in [-0.1, -0.05) is 53.0 Å². The zero-order chi connectivity index (χ0) is 20.1. The van der Waals surface area contributed by atoms with E-state index in [1.807, 2.05) is 18.2 Å². The zero-order valence-corrected chi connectivity index (χ0v) is 17.2. The molecule has 0 aliphatic carbocycles. The first-order chi connectivity index (χ1) is 13.5. The number of nitrogens with one attached hydrogen (secondary N) is 1. The number of halogens is 4. The van der Waals surface area contributed by atoms with E-state index in [0.717, 1.165) is 11.3 Å². The smallest absolute Gasteiger partial charge is 0.166 e. The van der Waals surface area contributed by atoms with E-state index in [9.17, 15) is 4.39 Å². The van der Waals surface area contributed by atoms with Gasteiger partial charge in [0.1, 0.15) is 12.4 Å². The Labute approximate surface area is 177 Å². The molecule has 0 heterocycles. The van der Waals surface area contributed by atoms with E-state index in [4.69, 9.17) is 44.3 Å². The van der Waals surface area contributed by atoms with Crippen molar-refractivity contribution in [2.75, 3.05) is 12.4 Å².